The summed E-state index contributed by atoms with van der Waals surface area (Å²) in [7, 11) is 0. The summed E-state index contributed by atoms with van der Waals surface area (Å²) in [6.07, 6.45) is -0.220. The second kappa shape index (κ2) is 8.37. The first-order valence-electron chi connectivity index (χ1n) is 6.51. The van der Waals surface area contributed by atoms with E-state index in [4.69, 9.17) is 4.74 Å². The van der Waals surface area contributed by atoms with Crippen LogP contribution in [0.25, 0.3) is 0 Å². The van der Waals surface area contributed by atoms with E-state index in [1.54, 1.807) is 0 Å². The molecule has 18 heavy (non-hydrogen) atoms. The van der Waals surface area contributed by atoms with E-state index in [-0.39, 0.29) is 25.0 Å². The van der Waals surface area contributed by atoms with Gasteiger partial charge in [0.1, 0.15) is 6.61 Å². The minimum atomic E-state index is -2.47. The highest BCUT2D eigenvalue weighted by Crippen LogP contribution is 2.11. The zero-order valence-electron chi connectivity index (χ0n) is 10.8. The molecule has 0 aromatic carbocycles. The van der Waals surface area contributed by atoms with Crippen molar-refractivity contribution in [1.29, 1.82) is 0 Å². The first kappa shape index (κ1) is 15.3. The van der Waals surface area contributed by atoms with Crippen molar-refractivity contribution in [2.45, 2.75) is 38.7 Å². The molecule has 0 spiro atoms. The fraction of sp³-hybridized carbons (Fsp3) is 0.917. The number of hydrogen-bond donors (Lipinski definition) is 1. The largest absolute Gasteiger partial charge is 0.375 e. The number of piperidine rings is 1. The van der Waals surface area contributed by atoms with Crippen LogP contribution < -0.4 is 5.32 Å². The molecular formula is C12H22F2N2O2. The Bertz CT molecular complexity index is 246. The molecule has 0 aliphatic carbocycles. The van der Waals surface area contributed by atoms with Gasteiger partial charge in [0.15, 0.2) is 0 Å². The lowest BCUT2D eigenvalue weighted by atomic mass is 10.1. The molecule has 0 radical (unpaired) electrons. The van der Waals surface area contributed by atoms with Gasteiger partial charge in [-0.2, -0.15) is 0 Å². The molecule has 1 unspecified atom stereocenters. The number of carbonyl (C=O) groups is 1. The Morgan fingerprint density at radius 3 is 2.89 bits per heavy atom. The van der Waals surface area contributed by atoms with E-state index in [0.717, 1.165) is 25.9 Å². The highest BCUT2D eigenvalue weighted by atomic mass is 19.3. The van der Waals surface area contributed by atoms with Gasteiger partial charge in [-0.25, -0.2) is 8.78 Å². The number of rotatable bonds is 7. The van der Waals surface area contributed by atoms with Gasteiger partial charge in [-0.1, -0.05) is 0 Å². The molecule has 1 atom stereocenters. The number of ether oxygens (including phenoxy) is 1. The summed E-state index contributed by atoms with van der Waals surface area (Å²) in [5.41, 5.74) is 0. The molecule has 106 valence electrons. The molecule has 1 aliphatic rings. The third-order valence-corrected chi connectivity index (χ3v) is 3.08. The van der Waals surface area contributed by atoms with E-state index in [0.29, 0.717) is 6.54 Å². The maximum atomic E-state index is 11.9. The molecule has 0 aromatic rings. The number of carbonyl (C=O) groups excluding carboxylic acids is 1. The third kappa shape index (κ3) is 5.27. The van der Waals surface area contributed by atoms with Crippen molar-refractivity contribution in [2.24, 2.45) is 0 Å². The molecule has 1 rings (SSSR count). The summed E-state index contributed by atoms with van der Waals surface area (Å²) in [6, 6.07) is 0.228. The Labute approximate surface area is 107 Å². The van der Waals surface area contributed by atoms with Gasteiger partial charge in [0.25, 0.3) is 6.43 Å². The number of amides is 1. The van der Waals surface area contributed by atoms with Crippen LogP contribution in [0, 0.1) is 0 Å². The van der Waals surface area contributed by atoms with Crippen LogP contribution in [0.2, 0.25) is 0 Å². The quantitative estimate of drug-likeness (QED) is 0.704. The summed E-state index contributed by atoms with van der Waals surface area (Å²) in [6.45, 7) is 3.88. The molecule has 1 aliphatic heterocycles. The summed E-state index contributed by atoms with van der Waals surface area (Å²) in [5, 5.41) is 3.26. The Hall–Kier alpha value is -0.750. The number of likely N-dealkylation sites (N-methyl/N-ethyl adjacent to an activating group) is 1. The number of nitrogens with one attached hydrogen (secondary N) is 1. The Balaban J connectivity index is 2.27. The van der Waals surface area contributed by atoms with E-state index in [1.165, 1.54) is 0 Å². The van der Waals surface area contributed by atoms with Crippen molar-refractivity contribution in [2.75, 3.05) is 32.8 Å². The van der Waals surface area contributed by atoms with Crippen molar-refractivity contribution in [3.63, 3.8) is 0 Å². The van der Waals surface area contributed by atoms with E-state index in [2.05, 4.69) is 5.32 Å². The number of hydrogen-bond acceptors (Lipinski definition) is 3. The van der Waals surface area contributed by atoms with Crippen LogP contribution >= 0.6 is 0 Å². The minimum Gasteiger partial charge on any atom is -0.375 e. The van der Waals surface area contributed by atoms with Gasteiger partial charge in [-0.3, -0.25) is 4.79 Å². The summed E-state index contributed by atoms with van der Waals surface area (Å²) < 4.78 is 28.4. The number of nitrogens with zero attached hydrogens (tertiary/aromatic N) is 1. The Kier molecular flexibility index (Phi) is 7.12. The fourth-order valence-electron chi connectivity index (χ4n) is 2.21. The standard InChI is InChI=1S/C12H22F2N2O2/c1-2-16(10-4-3-6-15-8-10)12(17)5-7-18-9-11(13)14/h10-11,15H,2-9H2,1H3. The first-order chi connectivity index (χ1) is 8.65. The number of halogens is 2. The third-order valence-electron chi connectivity index (χ3n) is 3.08. The van der Waals surface area contributed by atoms with Gasteiger partial charge in [-0.05, 0) is 26.3 Å². The molecule has 1 saturated heterocycles. The molecular weight excluding hydrogens is 242 g/mol. The molecule has 0 bridgehead atoms. The topological polar surface area (TPSA) is 41.6 Å². The van der Waals surface area contributed by atoms with Crippen LogP contribution in [0.3, 0.4) is 0 Å². The number of alkyl halides is 2. The van der Waals surface area contributed by atoms with Crippen molar-refractivity contribution >= 4 is 5.91 Å². The maximum absolute atomic E-state index is 11.9. The van der Waals surface area contributed by atoms with Gasteiger partial charge >= 0.3 is 0 Å². The predicted molar refractivity (Wildman–Crippen MR) is 64.7 cm³/mol. The maximum Gasteiger partial charge on any atom is 0.261 e. The van der Waals surface area contributed by atoms with E-state index >= 15 is 0 Å². The van der Waals surface area contributed by atoms with Crippen molar-refractivity contribution in [3.8, 4) is 0 Å². The van der Waals surface area contributed by atoms with Crippen molar-refractivity contribution in [1.82, 2.24) is 10.2 Å². The molecule has 4 nitrogen and oxygen atoms in total. The predicted octanol–water partition coefficient (Wildman–Crippen LogP) is 1.26. The minimum absolute atomic E-state index is 0.0135. The van der Waals surface area contributed by atoms with Crippen LogP contribution in [0.1, 0.15) is 26.2 Å². The molecule has 1 N–H and O–H groups in total. The summed E-state index contributed by atoms with van der Waals surface area (Å²) in [4.78, 5) is 13.8. The fourth-order valence-corrected chi connectivity index (χ4v) is 2.21. The average molecular weight is 264 g/mol. The summed E-state index contributed by atoms with van der Waals surface area (Å²) in [5.74, 6) is -0.0135. The lowest BCUT2D eigenvalue weighted by Gasteiger charge is -2.34. The normalized spacial score (nSPS) is 20.1. The van der Waals surface area contributed by atoms with Crippen molar-refractivity contribution < 1.29 is 18.3 Å². The summed E-state index contributed by atoms with van der Waals surface area (Å²) >= 11 is 0. The molecule has 0 saturated carbocycles. The lowest BCUT2D eigenvalue weighted by molar-refractivity contribution is -0.135. The van der Waals surface area contributed by atoms with Crippen LogP contribution in [0.15, 0.2) is 0 Å². The van der Waals surface area contributed by atoms with Gasteiger partial charge in [0.2, 0.25) is 5.91 Å². The monoisotopic (exact) mass is 264 g/mol. The molecule has 0 aromatic heterocycles. The highest BCUT2D eigenvalue weighted by molar-refractivity contribution is 5.76. The smallest absolute Gasteiger partial charge is 0.261 e. The SMILES string of the molecule is CCN(C(=O)CCOCC(F)F)C1CCCNC1. The van der Waals surface area contributed by atoms with E-state index in [1.807, 2.05) is 11.8 Å². The van der Waals surface area contributed by atoms with E-state index in [9.17, 15) is 13.6 Å². The van der Waals surface area contributed by atoms with E-state index < -0.39 is 13.0 Å². The first-order valence-corrected chi connectivity index (χ1v) is 6.51. The van der Waals surface area contributed by atoms with Crippen LogP contribution in [0.4, 0.5) is 8.78 Å². The van der Waals surface area contributed by atoms with Crippen LogP contribution in [-0.2, 0) is 9.53 Å². The van der Waals surface area contributed by atoms with Crippen LogP contribution in [0.5, 0.6) is 0 Å². The van der Waals surface area contributed by atoms with Crippen LogP contribution in [-0.4, -0.2) is 56.1 Å². The lowest BCUT2D eigenvalue weighted by Crippen LogP contribution is -2.48. The van der Waals surface area contributed by atoms with Crippen molar-refractivity contribution in [3.05, 3.63) is 0 Å². The zero-order valence-corrected chi connectivity index (χ0v) is 10.8. The Morgan fingerprint density at radius 1 is 1.56 bits per heavy atom. The molecule has 6 heteroatoms. The Morgan fingerprint density at radius 2 is 2.33 bits per heavy atom. The average Bonchev–Trinajstić information content (AvgIpc) is 2.36. The highest BCUT2D eigenvalue weighted by Gasteiger charge is 2.23. The zero-order chi connectivity index (χ0) is 13.4. The molecule has 1 amide bonds. The second-order valence-electron chi connectivity index (χ2n) is 4.40. The second-order valence-corrected chi connectivity index (χ2v) is 4.40. The molecule has 1 heterocycles. The van der Waals surface area contributed by atoms with Gasteiger partial charge in [-0.15, -0.1) is 0 Å². The van der Waals surface area contributed by atoms with Gasteiger partial charge < -0.3 is 15.0 Å². The van der Waals surface area contributed by atoms with Gasteiger partial charge in [0.05, 0.1) is 13.0 Å². The van der Waals surface area contributed by atoms with Gasteiger partial charge in [0, 0.05) is 19.1 Å². The molecule has 1 fully saturated rings.